The number of hydrogen-bond donors (Lipinski definition) is 1. The van der Waals surface area contributed by atoms with Crippen LogP contribution in [0.25, 0.3) is 11.3 Å². The van der Waals surface area contributed by atoms with E-state index in [4.69, 9.17) is 0 Å². The van der Waals surface area contributed by atoms with Crippen molar-refractivity contribution >= 4 is 11.9 Å². The molecule has 1 aliphatic heterocycles. The predicted molar refractivity (Wildman–Crippen MR) is 116 cm³/mol. The van der Waals surface area contributed by atoms with Crippen LogP contribution < -0.4 is 0 Å². The van der Waals surface area contributed by atoms with Gasteiger partial charge in [0.25, 0.3) is 5.91 Å². The van der Waals surface area contributed by atoms with Gasteiger partial charge in [0.2, 0.25) is 0 Å². The van der Waals surface area contributed by atoms with Crippen molar-refractivity contribution in [3.8, 4) is 11.3 Å². The number of pyridine rings is 1. The monoisotopic (exact) mass is 400 g/mol. The topological polar surface area (TPSA) is 70.5 Å². The molecule has 3 aromatic rings. The van der Waals surface area contributed by atoms with Gasteiger partial charge in [0, 0.05) is 24.8 Å². The highest BCUT2D eigenvalue weighted by molar-refractivity contribution is 5.96. The Morgan fingerprint density at radius 2 is 1.67 bits per heavy atom. The highest BCUT2D eigenvalue weighted by Gasteiger charge is 2.23. The number of benzene rings is 2. The lowest BCUT2D eigenvalue weighted by Gasteiger charge is -2.21. The number of amides is 1. The van der Waals surface area contributed by atoms with Crippen molar-refractivity contribution in [3.63, 3.8) is 0 Å². The van der Waals surface area contributed by atoms with Crippen molar-refractivity contribution in [1.82, 2.24) is 9.88 Å². The number of carbonyl (C=O) groups is 2. The molecule has 1 saturated heterocycles. The normalized spacial score (nSPS) is 16.7. The first-order valence-electron chi connectivity index (χ1n) is 10.3. The molecule has 5 heteroatoms. The standard InChI is InChI=1S/C25H24N2O3/c28-24(27-15-6-9-19(14-16-27)18-7-2-1-3-8-18)20-12-13-23(26-17-20)21-10-4-5-11-22(21)25(29)30/h1-5,7-8,10-13,17,19H,6,9,14-16H2,(H,29,30). The minimum absolute atomic E-state index is 0.0192. The van der Waals surface area contributed by atoms with Gasteiger partial charge in [-0.2, -0.15) is 0 Å². The fourth-order valence-electron chi connectivity index (χ4n) is 4.11. The predicted octanol–water partition coefficient (Wildman–Crippen LogP) is 4.86. The maximum Gasteiger partial charge on any atom is 0.336 e. The van der Waals surface area contributed by atoms with Crippen molar-refractivity contribution in [2.45, 2.75) is 25.2 Å². The molecule has 30 heavy (non-hydrogen) atoms. The summed E-state index contributed by atoms with van der Waals surface area (Å²) in [5, 5.41) is 9.38. The van der Waals surface area contributed by atoms with Crippen LogP contribution in [-0.4, -0.2) is 40.0 Å². The average Bonchev–Trinajstić information content (AvgIpc) is 3.06. The van der Waals surface area contributed by atoms with E-state index in [9.17, 15) is 14.7 Å². The number of hydrogen-bond acceptors (Lipinski definition) is 3. The molecule has 1 aromatic heterocycles. The van der Waals surface area contributed by atoms with Crippen LogP contribution in [0.4, 0.5) is 0 Å². The zero-order chi connectivity index (χ0) is 20.9. The fraction of sp³-hybridized carbons (Fsp3) is 0.240. The van der Waals surface area contributed by atoms with Crippen LogP contribution in [0.2, 0.25) is 0 Å². The smallest absolute Gasteiger partial charge is 0.336 e. The third kappa shape index (κ3) is 4.25. The molecule has 2 heterocycles. The van der Waals surface area contributed by atoms with Gasteiger partial charge in [-0.3, -0.25) is 9.78 Å². The molecule has 4 rings (SSSR count). The summed E-state index contributed by atoms with van der Waals surface area (Å²) in [7, 11) is 0. The summed E-state index contributed by atoms with van der Waals surface area (Å²) in [5.74, 6) is -0.531. The Bertz CT molecular complexity index is 1030. The van der Waals surface area contributed by atoms with E-state index < -0.39 is 5.97 Å². The van der Waals surface area contributed by atoms with Crippen LogP contribution in [0.5, 0.6) is 0 Å². The van der Waals surface area contributed by atoms with Gasteiger partial charge in [-0.05, 0) is 48.9 Å². The fourth-order valence-corrected chi connectivity index (χ4v) is 4.11. The van der Waals surface area contributed by atoms with Gasteiger partial charge < -0.3 is 10.0 Å². The third-order valence-corrected chi connectivity index (χ3v) is 5.73. The van der Waals surface area contributed by atoms with Crippen LogP contribution in [0.3, 0.4) is 0 Å². The summed E-state index contributed by atoms with van der Waals surface area (Å²) < 4.78 is 0. The molecule has 152 valence electrons. The molecule has 5 nitrogen and oxygen atoms in total. The second-order valence-corrected chi connectivity index (χ2v) is 7.61. The van der Waals surface area contributed by atoms with Gasteiger partial charge in [0.1, 0.15) is 0 Å². The number of likely N-dealkylation sites (tertiary alicyclic amines) is 1. The summed E-state index contributed by atoms with van der Waals surface area (Å²) >= 11 is 0. The molecule has 1 N–H and O–H groups in total. The molecular weight excluding hydrogens is 376 g/mol. The lowest BCUT2D eigenvalue weighted by molar-refractivity contribution is 0.0696. The highest BCUT2D eigenvalue weighted by Crippen LogP contribution is 2.28. The molecule has 0 saturated carbocycles. The zero-order valence-electron chi connectivity index (χ0n) is 16.7. The average molecular weight is 400 g/mol. The SMILES string of the molecule is O=C(O)c1ccccc1-c1ccc(C(=O)N2CCCC(c3ccccc3)CC2)cn1. The van der Waals surface area contributed by atoms with E-state index in [1.165, 1.54) is 5.56 Å². The molecule has 0 radical (unpaired) electrons. The lowest BCUT2D eigenvalue weighted by Crippen LogP contribution is -2.32. The maximum atomic E-state index is 13.0. The first kappa shape index (κ1) is 19.8. The van der Waals surface area contributed by atoms with E-state index in [0.29, 0.717) is 22.7 Å². The quantitative estimate of drug-likeness (QED) is 0.679. The van der Waals surface area contributed by atoms with Crippen LogP contribution in [0, 0.1) is 0 Å². The summed E-state index contributed by atoms with van der Waals surface area (Å²) in [4.78, 5) is 30.8. The maximum absolute atomic E-state index is 13.0. The Labute approximate surface area is 176 Å². The molecule has 0 aliphatic carbocycles. The molecular formula is C25H24N2O3. The van der Waals surface area contributed by atoms with Crippen molar-refractivity contribution < 1.29 is 14.7 Å². The number of carboxylic acids is 1. The Balaban J connectivity index is 1.47. The second kappa shape index (κ2) is 8.91. The van der Waals surface area contributed by atoms with Gasteiger partial charge >= 0.3 is 5.97 Å². The van der Waals surface area contributed by atoms with Gasteiger partial charge in [-0.15, -0.1) is 0 Å². The largest absolute Gasteiger partial charge is 0.478 e. The number of nitrogens with zero attached hydrogens (tertiary/aromatic N) is 2. The Morgan fingerprint density at radius 3 is 2.40 bits per heavy atom. The molecule has 1 fully saturated rings. The van der Waals surface area contributed by atoms with Crippen LogP contribution in [0.1, 0.15) is 51.5 Å². The van der Waals surface area contributed by atoms with Crippen LogP contribution in [-0.2, 0) is 0 Å². The van der Waals surface area contributed by atoms with Crippen molar-refractivity contribution in [1.29, 1.82) is 0 Å². The number of carboxylic acid groups (broad SMARTS) is 1. The highest BCUT2D eigenvalue weighted by atomic mass is 16.4. The van der Waals surface area contributed by atoms with Crippen molar-refractivity contribution in [2.75, 3.05) is 13.1 Å². The summed E-state index contributed by atoms with van der Waals surface area (Å²) in [6.07, 6.45) is 4.56. The summed E-state index contributed by atoms with van der Waals surface area (Å²) in [6.45, 7) is 1.47. The van der Waals surface area contributed by atoms with Gasteiger partial charge in [0.05, 0.1) is 16.8 Å². The zero-order valence-corrected chi connectivity index (χ0v) is 16.7. The number of aromatic nitrogens is 1. The summed E-state index contributed by atoms with van der Waals surface area (Å²) in [5.41, 5.74) is 3.16. The first-order chi connectivity index (χ1) is 14.6. The third-order valence-electron chi connectivity index (χ3n) is 5.73. The van der Waals surface area contributed by atoms with E-state index in [-0.39, 0.29) is 11.5 Å². The van der Waals surface area contributed by atoms with Gasteiger partial charge in [-0.25, -0.2) is 4.79 Å². The molecule has 1 unspecified atom stereocenters. The minimum atomic E-state index is -0.995. The number of aromatic carboxylic acids is 1. The van der Waals surface area contributed by atoms with Crippen molar-refractivity contribution in [2.24, 2.45) is 0 Å². The Morgan fingerprint density at radius 1 is 0.900 bits per heavy atom. The summed E-state index contributed by atoms with van der Waals surface area (Å²) in [6, 6.07) is 20.7. The Hall–Kier alpha value is -3.47. The van der Waals surface area contributed by atoms with E-state index in [0.717, 1.165) is 32.4 Å². The van der Waals surface area contributed by atoms with Crippen molar-refractivity contribution in [3.05, 3.63) is 89.6 Å². The van der Waals surface area contributed by atoms with Gasteiger partial charge in [0.15, 0.2) is 0 Å². The van der Waals surface area contributed by atoms with Crippen LogP contribution in [0.15, 0.2) is 72.9 Å². The minimum Gasteiger partial charge on any atom is -0.478 e. The lowest BCUT2D eigenvalue weighted by atomic mass is 9.92. The van der Waals surface area contributed by atoms with E-state index in [1.807, 2.05) is 11.0 Å². The first-order valence-corrected chi connectivity index (χ1v) is 10.3. The molecule has 0 bridgehead atoms. The van der Waals surface area contributed by atoms with E-state index >= 15 is 0 Å². The van der Waals surface area contributed by atoms with Gasteiger partial charge in [-0.1, -0.05) is 48.5 Å². The molecule has 2 aromatic carbocycles. The Kier molecular flexibility index (Phi) is 5.89. The van der Waals surface area contributed by atoms with E-state index in [2.05, 4.69) is 29.2 Å². The number of carbonyl (C=O) groups excluding carboxylic acids is 1. The molecule has 1 aliphatic rings. The molecule has 1 amide bonds. The van der Waals surface area contributed by atoms with E-state index in [1.54, 1.807) is 42.6 Å². The van der Waals surface area contributed by atoms with Crippen LogP contribution >= 0.6 is 0 Å². The molecule has 0 spiro atoms. The second-order valence-electron chi connectivity index (χ2n) is 7.61. The molecule has 1 atom stereocenters. The number of rotatable bonds is 4.